The Bertz CT molecular complexity index is 686. The first-order valence-corrected chi connectivity index (χ1v) is 10.9. The molecule has 3 saturated carbocycles. The average molecular weight is 371 g/mol. The van der Waals surface area contributed by atoms with Gasteiger partial charge in [0.2, 0.25) is 0 Å². The third kappa shape index (κ3) is 3.69. The largest absolute Gasteiger partial charge is 0.496 e. The van der Waals surface area contributed by atoms with Gasteiger partial charge in [-0.15, -0.1) is 0 Å². The Morgan fingerprint density at radius 1 is 1.19 bits per heavy atom. The Hall–Kier alpha value is -1.31. The van der Waals surface area contributed by atoms with E-state index < -0.39 is 0 Å². The maximum absolute atomic E-state index is 12.6. The third-order valence-corrected chi connectivity index (χ3v) is 7.71. The number of rotatable bonds is 8. The number of ether oxygens (including phenoxy) is 1. The van der Waals surface area contributed by atoms with E-state index in [0.29, 0.717) is 24.0 Å². The van der Waals surface area contributed by atoms with Crippen molar-refractivity contribution in [1.82, 2.24) is 0 Å². The fourth-order valence-electron chi connectivity index (χ4n) is 5.59. The van der Waals surface area contributed by atoms with Crippen LogP contribution in [0.3, 0.4) is 0 Å². The maximum atomic E-state index is 12.6. The van der Waals surface area contributed by atoms with Crippen molar-refractivity contribution in [2.75, 3.05) is 7.11 Å². The summed E-state index contributed by atoms with van der Waals surface area (Å²) in [4.78, 5) is 12.6. The molecule has 150 valence electrons. The summed E-state index contributed by atoms with van der Waals surface area (Å²) in [6.07, 6.45) is 8.15. The minimum absolute atomic E-state index is 0.141. The third-order valence-electron chi connectivity index (χ3n) is 7.71. The molecule has 27 heavy (non-hydrogen) atoms. The predicted molar refractivity (Wildman–Crippen MR) is 113 cm³/mol. The van der Waals surface area contributed by atoms with Crippen LogP contribution in [0.5, 0.6) is 5.75 Å². The summed E-state index contributed by atoms with van der Waals surface area (Å²) in [5, 5.41) is 0. The Morgan fingerprint density at radius 3 is 2.52 bits per heavy atom. The molecule has 0 spiro atoms. The van der Waals surface area contributed by atoms with Crippen LogP contribution in [0.1, 0.15) is 96.6 Å². The SMILES string of the molecule is CCCCCCC(C)(C)c1ccc([C@@H]2CC(=O)[C@H]3C[C@@H]2C3(C)C)c(OC)c1. The van der Waals surface area contributed by atoms with Gasteiger partial charge in [-0.25, -0.2) is 0 Å². The van der Waals surface area contributed by atoms with E-state index in [1.54, 1.807) is 7.11 Å². The molecule has 0 heterocycles. The zero-order valence-corrected chi connectivity index (χ0v) is 18.2. The monoisotopic (exact) mass is 370 g/mol. The molecule has 0 aliphatic heterocycles. The molecule has 0 unspecified atom stereocenters. The highest BCUT2D eigenvalue weighted by atomic mass is 16.5. The number of methoxy groups -OCH3 is 1. The summed E-state index contributed by atoms with van der Waals surface area (Å²) in [5.41, 5.74) is 2.89. The number of hydrogen-bond donors (Lipinski definition) is 0. The van der Waals surface area contributed by atoms with E-state index in [0.717, 1.165) is 12.2 Å². The summed E-state index contributed by atoms with van der Waals surface area (Å²) in [7, 11) is 1.77. The second kappa shape index (κ2) is 7.60. The number of benzene rings is 1. The quantitative estimate of drug-likeness (QED) is 0.478. The second-order valence-corrected chi connectivity index (χ2v) is 10.1. The topological polar surface area (TPSA) is 26.3 Å². The van der Waals surface area contributed by atoms with Gasteiger partial charge in [0.15, 0.2) is 0 Å². The van der Waals surface area contributed by atoms with E-state index >= 15 is 0 Å². The molecule has 2 heteroatoms. The smallest absolute Gasteiger partial charge is 0.137 e. The highest BCUT2D eigenvalue weighted by Crippen LogP contribution is 2.63. The van der Waals surface area contributed by atoms with Crippen LogP contribution in [0, 0.1) is 17.3 Å². The summed E-state index contributed by atoms with van der Waals surface area (Å²) >= 11 is 0. The highest BCUT2D eigenvalue weighted by molar-refractivity contribution is 5.86. The van der Waals surface area contributed by atoms with Crippen LogP contribution in [0.2, 0.25) is 0 Å². The molecule has 1 aromatic rings. The molecule has 0 aromatic heterocycles. The number of fused-ring (bicyclic) bond motifs is 2. The lowest BCUT2D eigenvalue weighted by Crippen LogP contribution is -2.56. The van der Waals surface area contributed by atoms with Crippen LogP contribution in [0.4, 0.5) is 0 Å². The second-order valence-electron chi connectivity index (χ2n) is 10.1. The molecule has 3 fully saturated rings. The Balaban J connectivity index is 1.81. The first kappa shape index (κ1) is 20.4. The van der Waals surface area contributed by atoms with Crippen LogP contribution >= 0.6 is 0 Å². The molecule has 2 nitrogen and oxygen atoms in total. The van der Waals surface area contributed by atoms with E-state index in [-0.39, 0.29) is 16.7 Å². The molecule has 0 N–H and O–H groups in total. The van der Waals surface area contributed by atoms with Crippen molar-refractivity contribution in [3.05, 3.63) is 29.3 Å². The number of carbonyl (C=O) groups excluding carboxylic acids is 1. The van der Waals surface area contributed by atoms with Gasteiger partial charge in [0.1, 0.15) is 11.5 Å². The molecular formula is C25H38O2. The maximum Gasteiger partial charge on any atom is 0.137 e. The fraction of sp³-hybridized carbons (Fsp3) is 0.720. The molecule has 3 aliphatic rings. The van der Waals surface area contributed by atoms with Gasteiger partial charge in [0.05, 0.1) is 7.11 Å². The van der Waals surface area contributed by atoms with Gasteiger partial charge in [-0.05, 0) is 52.7 Å². The van der Waals surface area contributed by atoms with Gasteiger partial charge in [-0.3, -0.25) is 4.79 Å². The molecule has 3 atom stereocenters. The highest BCUT2D eigenvalue weighted by Gasteiger charge is 2.58. The molecule has 2 bridgehead atoms. The van der Waals surface area contributed by atoms with Crippen LogP contribution in [0.15, 0.2) is 18.2 Å². The average Bonchev–Trinajstić information content (AvgIpc) is 2.63. The van der Waals surface area contributed by atoms with Crippen molar-refractivity contribution in [2.24, 2.45) is 17.3 Å². The zero-order valence-electron chi connectivity index (χ0n) is 18.2. The van der Waals surface area contributed by atoms with E-state index in [2.05, 4.69) is 52.8 Å². The first-order chi connectivity index (χ1) is 12.7. The van der Waals surface area contributed by atoms with E-state index in [9.17, 15) is 4.79 Å². The summed E-state index contributed by atoms with van der Waals surface area (Å²) in [6.45, 7) is 11.5. The van der Waals surface area contributed by atoms with Crippen molar-refractivity contribution in [3.8, 4) is 5.75 Å². The number of hydrogen-bond acceptors (Lipinski definition) is 2. The first-order valence-electron chi connectivity index (χ1n) is 10.9. The predicted octanol–water partition coefficient (Wildman–Crippen LogP) is 6.66. The normalized spacial score (nSPS) is 26.6. The molecule has 1 aromatic carbocycles. The lowest BCUT2D eigenvalue weighted by molar-refractivity contribution is -0.151. The van der Waals surface area contributed by atoms with Crippen molar-refractivity contribution >= 4 is 5.78 Å². The number of ketones is 1. The molecule has 3 aliphatic carbocycles. The number of Topliss-reactive ketones (excluding diaryl/α,β-unsaturated/α-hetero) is 1. The lowest BCUT2D eigenvalue weighted by Gasteiger charge is -2.59. The van der Waals surface area contributed by atoms with E-state index in [1.165, 1.54) is 43.2 Å². The molecule has 0 amide bonds. The Morgan fingerprint density at radius 2 is 1.93 bits per heavy atom. The van der Waals surface area contributed by atoms with Crippen molar-refractivity contribution in [2.45, 2.75) is 90.9 Å². The standard InChI is InChI=1S/C25H38O2/c1-7-8-9-10-13-24(2,3)17-11-12-18(23(14-17)27-6)19-15-22(26)21-16-20(19)25(21,4)5/h11-12,14,19-21H,7-10,13,15-16H2,1-6H3/t19-,20-,21+/m0/s1. The van der Waals surface area contributed by atoms with Crippen molar-refractivity contribution in [3.63, 3.8) is 0 Å². The van der Waals surface area contributed by atoms with Gasteiger partial charge in [0, 0.05) is 12.3 Å². The van der Waals surface area contributed by atoms with Gasteiger partial charge >= 0.3 is 0 Å². The fourth-order valence-corrected chi connectivity index (χ4v) is 5.59. The van der Waals surface area contributed by atoms with Gasteiger partial charge in [-0.2, -0.15) is 0 Å². The van der Waals surface area contributed by atoms with Gasteiger partial charge in [0.25, 0.3) is 0 Å². The number of carbonyl (C=O) groups is 1. The summed E-state index contributed by atoms with van der Waals surface area (Å²) in [5.74, 6) is 2.63. The molecule has 4 rings (SSSR count). The van der Waals surface area contributed by atoms with E-state index in [4.69, 9.17) is 4.74 Å². The Kier molecular flexibility index (Phi) is 5.75. The minimum Gasteiger partial charge on any atom is -0.496 e. The molecule has 0 radical (unpaired) electrons. The summed E-state index contributed by atoms with van der Waals surface area (Å²) in [6, 6.07) is 6.80. The van der Waals surface area contributed by atoms with Crippen LogP contribution < -0.4 is 4.74 Å². The van der Waals surface area contributed by atoms with Crippen molar-refractivity contribution < 1.29 is 9.53 Å². The van der Waals surface area contributed by atoms with E-state index in [1.807, 2.05) is 0 Å². The zero-order chi connectivity index (χ0) is 19.8. The Labute approximate surface area is 166 Å². The van der Waals surface area contributed by atoms with Gasteiger partial charge < -0.3 is 4.74 Å². The molecular weight excluding hydrogens is 332 g/mol. The minimum atomic E-state index is 0.141. The van der Waals surface area contributed by atoms with Crippen molar-refractivity contribution in [1.29, 1.82) is 0 Å². The van der Waals surface area contributed by atoms with Crippen LogP contribution in [-0.4, -0.2) is 12.9 Å². The van der Waals surface area contributed by atoms with Crippen LogP contribution in [0.25, 0.3) is 0 Å². The van der Waals surface area contributed by atoms with Crippen LogP contribution in [-0.2, 0) is 10.2 Å². The summed E-state index contributed by atoms with van der Waals surface area (Å²) < 4.78 is 5.84. The number of unbranched alkanes of at least 4 members (excludes halogenated alkanes) is 3. The van der Waals surface area contributed by atoms with Gasteiger partial charge in [-0.1, -0.05) is 72.4 Å². The lowest BCUT2D eigenvalue weighted by atomic mass is 9.44. The molecule has 0 saturated heterocycles.